The Hall–Kier alpha value is -2.05. The zero-order valence-electron chi connectivity index (χ0n) is 13.6. The number of fused-ring (bicyclic) bond motifs is 1. The van der Waals surface area contributed by atoms with E-state index in [-0.39, 0.29) is 18.0 Å². The lowest BCUT2D eigenvalue weighted by molar-refractivity contribution is -0.123. The summed E-state index contributed by atoms with van der Waals surface area (Å²) in [7, 11) is 1.63. The first-order valence-corrected chi connectivity index (χ1v) is 7.78. The molecule has 3 unspecified atom stereocenters. The van der Waals surface area contributed by atoms with Gasteiger partial charge in [-0.3, -0.25) is 4.79 Å². The van der Waals surface area contributed by atoms with Crippen LogP contribution in [-0.4, -0.2) is 36.8 Å². The summed E-state index contributed by atoms with van der Waals surface area (Å²) in [5.41, 5.74) is 1.76. The second-order valence-corrected chi connectivity index (χ2v) is 6.03. The van der Waals surface area contributed by atoms with Crippen molar-refractivity contribution in [3.8, 4) is 5.75 Å². The van der Waals surface area contributed by atoms with E-state index >= 15 is 0 Å². The summed E-state index contributed by atoms with van der Waals surface area (Å²) in [4.78, 5) is 12.3. The Kier molecular flexibility index (Phi) is 4.28. The molecule has 0 spiro atoms. The second kappa shape index (κ2) is 6.22. The number of amides is 1. The fourth-order valence-electron chi connectivity index (χ4n) is 3.06. The highest BCUT2D eigenvalue weighted by Gasteiger charge is 2.29. The van der Waals surface area contributed by atoms with Crippen molar-refractivity contribution < 1.29 is 19.1 Å². The molecule has 1 aliphatic heterocycles. The van der Waals surface area contributed by atoms with E-state index in [0.29, 0.717) is 13.0 Å². The van der Waals surface area contributed by atoms with Crippen LogP contribution >= 0.6 is 0 Å². The van der Waals surface area contributed by atoms with Crippen molar-refractivity contribution in [2.45, 2.75) is 38.5 Å². The molecule has 1 aliphatic rings. The highest BCUT2D eigenvalue weighted by Crippen LogP contribution is 2.32. The summed E-state index contributed by atoms with van der Waals surface area (Å²) in [6, 6.07) is 5.05. The zero-order valence-corrected chi connectivity index (χ0v) is 13.6. The Bertz CT molecular complexity index is 725. The largest absolute Gasteiger partial charge is 0.497 e. The number of aliphatic hydroxyl groups excluding tert-OH is 1. The third kappa shape index (κ3) is 3.04. The molecular formula is C17H22N2O4. The predicted molar refractivity (Wildman–Crippen MR) is 86.5 cm³/mol. The highest BCUT2D eigenvalue weighted by molar-refractivity contribution is 5.85. The van der Waals surface area contributed by atoms with E-state index in [1.807, 2.05) is 32.0 Å². The molecule has 2 heterocycles. The van der Waals surface area contributed by atoms with Crippen molar-refractivity contribution in [2.24, 2.45) is 0 Å². The number of hydrogen-bond donors (Lipinski definition) is 3. The van der Waals surface area contributed by atoms with Gasteiger partial charge in [-0.25, -0.2) is 0 Å². The molecule has 1 aromatic carbocycles. The molecule has 3 N–H and O–H groups in total. The molecule has 1 amide bonds. The molecule has 1 fully saturated rings. The van der Waals surface area contributed by atoms with Gasteiger partial charge < -0.3 is 24.9 Å². The third-order valence-electron chi connectivity index (χ3n) is 4.36. The Morgan fingerprint density at radius 3 is 2.96 bits per heavy atom. The van der Waals surface area contributed by atoms with Gasteiger partial charge in [0, 0.05) is 17.5 Å². The topological polar surface area (TPSA) is 83.7 Å². The Morgan fingerprint density at radius 1 is 1.52 bits per heavy atom. The lowest BCUT2D eigenvalue weighted by Crippen LogP contribution is -2.41. The minimum Gasteiger partial charge on any atom is -0.497 e. The number of hydrogen-bond acceptors (Lipinski definition) is 5. The standard InChI is InChI=1S/C17H22N2O4/c1-9-13-7-12(22-3)4-5-15(13)23-16(9)10(2)19-17(21)14-6-11(20)8-18-14/h4-5,7,10-11,14,18,20H,6,8H2,1-3H3,(H,19,21). The molecule has 6 heteroatoms. The van der Waals surface area contributed by atoms with Crippen molar-refractivity contribution in [2.75, 3.05) is 13.7 Å². The van der Waals surface area contributed by atoms with Gasteiger partial charge in [-0.15, -0.1) is 0 Å². The fourth-order valence-corrected chi connectivity index (χ4v) is 3.06. The van der Waals surface area contributed by atoms with Crippen molar-refractivity contribution in [1.29, 1.82) is 0 Å². The summed E-state index contributed by atoms with van der Waals surface area (Å²) < 4.78 is 11.2. The van der Waals surface area contributed by atoms with Crippen LogP contribution in [0.2, 0.25) is 0 Å². The summed E-state index contributed by atoms with van der Waals surface area (Å²) in [6.07, 6.45) is -0.0176. The quantitative estimate of drug-likeness (QED) is 0.798. The van der Waals surface area contributed by atoms with E-state index < -0.39 is 6.10 Å². The number of furan rings is 1. The molecular weight excluding hydrogens is 296 g/mol. The van der Waals surface area contributed by atoms with Crippen LogP contribution in [-0.2, 0) is 4.79 Å². The molecule has 0 saturated carbocycles. The van der Waals surface area contributed by atoms with Crippen LogP contribution in [0.5, 0.6) is 5.75 Å². The molecule has 0 radical (unpaired) electrons. The summed E-state index contributed by atoms with van der Waals surface area (Å²) in [6.45, 7) is 4.32. The smallest absolute Gasteiger partial charge is 0.237 e. The van der Waals surface area contributed by atoms with Crippen LogP contribution in [0, 0.1) is 6.92 Å². The SMILES string of the molecule is COc1ccc2oc(C(C)NC(=O)C3CC(O)CN3)c(C)c2c1. The first-order valence-electron chi connectivity index (χ1n) is 7.78. The summed E-state index contributed by atoms with van der Waals surface area (Å²) >= 11 is 0. The van der Waals surface area contributed by atoms with Gasteiger partial charge in [0.2, 0.25) is 5.91 Å². The Morgan fingerprint density at radius 2 is 2.30 bits per heavy atom. The van der Waals surface area contributed by atoms with Crippen LogP contribution in [0.3, 0.4) is 0 Å². The van der Waals surface area contributed by atoms with Crippen molar-refractivity contribution in [3.05, 3.63) is 29.5 Å². The molecule has 0 aliphatic carbocycles. The number of β-amino-alcohol motifs (C(OH)–C–C–N with tert-alkyl or cyclic N) is 1. The van der Waals surface area contributed by atoms with E-state index in [1.54, 1.807) is 7.11 Å². The first kappa shape index (κ1) is 15.8. The number of carbonyl (C=O) groups is 1. The molecule has 0 bridgehead atoms. The van der Waals surface area contributed by atoms with Crippen molar-refractivity contribution in [1.82, 2.24) is 10.6 Å². The molecule has 2 aromatic rings. The van der Waals surface area contributed by atoms with Crippen LogP contribution < -0.4 is 15.4 Å². The maximum absolute atomic E-state index is 12.3. The average Bonchev–Trinajstić information content (AvgIpc) is 3.11. The monoisotopic (exact) mass is 318 g/mol. The number of benzene rings is 1. The number of nitrogens with one attached hydrogen (secondary N) is 2. The molecule has 124 valence electrons. The van der Waals surface area contributed by atoms with Gasteiger partial charge in [-0.1, -0.05) is 0 Å². The van der Waals surface area contributed by atoms with Gasteiger partial charge >= 0.3 is 0 Å². The normalized spacial score (nSPS) is 22.3. The number of aryl methyl sites for hydroxylation is 1. The van der Waals surface area contributed by atoms with Gasteiger partial charge in [-0.05, 0) is 38.5 Å². The molecule has 1 aromatic heterocycles. The molecule has 1 saturated heterocycles. The van der Waals surface area contributed by atoms with Gasteiger partial charge in [-0.2, -0.15) is 0 Å². The maximum Gasteiger partial charge on any atom is 0.237 e. The van der Waals surface area contributed by atoms with Crippen molar-refractivity contribution >= 4 is 16.9 Å². The minimum absolute atomic E-state index is 0.119. The Balaban J connectivity index is 1.79. The molecule has 3 rings (SSSR count). The molecule has 6 nitrogen and oxygen atoms in total. The van der Waals surface area contributed by atoms with Gasteiger partial charge in [0.05, 0.1) is 25.3 Å². The number of ether oxygens (including phenoxy) is 1. The van der Waals surface area contributed by atoms with Gasteiger partial charge in [0.15, 0.2) is 0 Å². The van der Waals surface area contributed by atoms with Crippen molar-refractivity contribution in [3.63, 3.8) is 0 Å². The lowest BCUT2D eigenvalue weighted by atomic mass is 10.1. The number of methoxy groups -OCH3 is 1. The van der Waals surface area contributed by atoms with Crippen LogP contribution in [0.25, 0.3) is 11.0 Å². The van der Waals surface area contributed by atoms with E-state index in [1.165, 1.54) is 0 Å². The zero-order chi connectivity index (χ0) is 16.6. The van der Waals surface area contributed by atoms with E-state index in [4.69, 9.17) is 9.15 Å². The van der Waals surface area contributed by atoms with Gasteiger partial charge in [0.1, 0.15) is 17.1 Å². The number of carbonyl (C=O) groups excluding carboxylic acids is 1. The fraction of sp³-hybridized carbons (Fsp3) is 0.471. The van der Waals surface area contributed by atoms with Gasteiger partial charge in [0.25, 0.3) is 0 Å². The predicted octanol–water partition coefficient (Wildman–Crippen LogP) is 1.65. The van der Waals surface area contributed by atoms with Crippen LogP contribution in [0.15, 0.2) is 22.6 Å². The first-order chi connectivity index (χ1) is 11.0. The maximum atomic E-state index is 12.3. The Labute approximate surface area is 134 Å². The highest BCUT2D eigenvalue weighted by atomic mass is 16.5. The number of rotatable bonds is 4. The summed E-state index contributed by atoms with van der Waals surface area (Å²) in [5, 5.41) is 16.5. The molecule has 3 atom stereocenters. The summed E-state index contributed by atoms with van der Waals surface area (Å²) in [5.74, 6) is 1.39. The van der Waals surface area contributed by atoms with E-state index in [2.05, 4.69) is 10.6 Å². The van der Waals surface area contributed by atoms with E-state index in [0.717, 1.165) is 28.0 Å². The molecule has 23 heavy (non-hydrogen) atoms. The average molecular weight is 318 g/mol. The van der Waals surface area contributed by atoms with E-state index in [9.17, 15) is 9.90 Å². The lowest BCUT2D eigenvalue weighted by Gasteiger charge is -2.16. The minimum atomic E-state index is -0.457. The number of aliphatic hydroxyl groups is 1. The van der Waals surface area contributed by atoms with Crippen LogP contribution in [0.1, 0.15) is 30.7 Å². The van der Waals surface area contributed by atoms with Crippen LogP contribution in [0.4, 0.5) is 0 Å². The third-order valence-corrected chi connectivity index (χ3v) is 4.36. The second-order valence-electron chi connectivity index (χ2n) is 6.03.